The lowest BCUT2D eigenvalue weighted by atomic mass is 9.99. The van der Waals surface area contributed by atoms with E-state index in [1.54, 1.807) is 6.92 Å². The number of hydrogen-bond acceptors (Lipinski definition) is 6. The van der Waals surface area contributed by atoms with Crippen LogP contribution in [0.4, 0.5) is 0 Å². The number of thiol groups is 1. The number of amides is 3. The van der Waals surface area contributed by atoms with Gasteiger partial charge in [-0.15, -0.1) is 0 Å². The fraction of sp³-hybridized carbons (Fsp3) is 0.750. The van der Waals surface area contributed by atoms with E-state index in [9.17, 15) is 24.3 Å². The summed E-state index contributed by atoms with van der Waals surface area (Å²) in [6.07, 6.45) is 2.21. The van der Waals surface area contributed by atoms with Gasteiger partial charge in [-0.25, -0.2) is 4.79 Å². The van der Waals surface area contributed by atoms with Gasteiger partial charge in [0.15, 0.2) is 0 Å². The molecule has 1 rings (SSSR count). The zero-order valence-corrected chi connectivity index (χ0v) is 16.0. The zero-order chi connectivity index (χ0) is 19.7. The summed E-state index contributed by atoms with van der Waals surface area (Å²) in [7, 11) is 0. The number of aliphatic carboxylic acids is 1. The van der Waals surface area contributed by atoms with Crippen LogP contribution in [0.3, 0.4) is 0 Å². The topological polar surface area (TPSA) is 137 Å². The van der Waals surface area contributed by atoms with Crippen molar-refractivity contribution in [2.24, 2.45) is 5.92 Å². The molecule has 10 heteroatoms. The highest BCUT2D eigenvalue weighted by molar-refractivity contribution is 7.80. The fourth-order valence-electron chi connectivity index (χ4n) is 2.58. The standard InChI is InChI=1S/C16H28N4O5S/c1-3-9(2)13(16(24)25)20-15(23)11(8-26)19-12(21)7-18-14(22)10-5-4-6-17-10/h9-11,13,17,26H,3-8H2,1-2H3,(H,18,22)(H,19,21)(H,20,23)(H,24,25). The number of nitrogens with one attached hydrogen (secondary N) is 4. The molecule has 1 aliphatic rings. The van der Waals surface area contributed by atoms with Gasteiger partial charge in [-0.2, -0.15) is 12.6 Å². The predicted octanol–water partition coefficient (Wildman–Crippen LogP) is -1.12. The van der Waals surface area contributed by atoms with Crippen molar-refractivity contribution in [2.75, 3.05) is 18.8 Å². The highest BCUT2D eigenvalue weighted by Crippen LogP contribution is 2.08. The van der Waals surface area contributed by atoms with Gasteiger partial charge in [0.2, 0.25) is 17.7 Å². The van der Waals surface area contributed by atoms with Crippen LogP contribution in [0.25, 0.3) is 0 Å². The second-order valence-corrected chi connectivity index (χ2v) is 6.74. The van der Waals surface area contributed by atoms with Crippen molar-refractivity contribution in [3.8, 4) is 0 Å². The maximum absolute atomic E-state index is 12.3. The largest absolute Gasteiger partial charge is 0.480 e. The molecule has 4 atom stereocenters. The van der Waals surface area contributed by atoms with Crippen molar-refractivity contribution in [1.29, 1.82) is 0 Å². The second kappa shape index (κ2) is 11.0. The number of carbonyl (C=O) groups excluding carboxylic acids is 3. The Morgan fingerprint density at radius 3 is 2.46 bits per heavy atom. The van der Waals surface area contributed by atoms with E-state index in [1.165, 1.54) is 0 Å². The summed E-state index contributed by atoms with van der Waals surface area (Å²) in [5.41, 5.74) is 0. The Hall–Kier alpha value is -1.81. The molecule has 0 spiro atoms. The molecular formula is C16H28N4O5S. The molecule has 0 radical (unpaired) electrons. The molecule has 0 aliphatic carbocycles. The Morgan fingerprint density at radius 1 is 1.27 bits per heavy atom. The van der Waals surface area contributed by atoms with Crippen LogP contribution in [-0.2, 0) is 19.2 Å². The summed E-state index contributed by atoms with van der Waals surface area (Å²) in [6, 6.07) is -2.32. The molecule has 0 bridgehead atoms. The molecule has 4 unspecified atom stereocenters. The van der Waals surface area contributed by atoms with Crippen LogP contribution in [0.1, 0.15) is 33.1 Å². The van der Waals surface area contributed by atoms with E-state index < -0.39 is 29.9 Å². The third-order valence-electron chi connectivity index (χ3n) is 4.41. The quantitative estimate of drug-likeness (QED) is 0.263. The normalized spacial score (nSPS) is 19.9. The highest BCUT2D eigenvalue weighted by atomic mass is 32.1. The summed E-state index contributed by atoms with van der Waals surface area (Å²) in [5, 5.41) is 19.7. The van der Waals surface area contributed by atoms with E-state index >= 15 is 0 Å². The third kappa shape index (κ3) is 6.83. The van der Waals surface area contributed by atoms with Gasteiger partial charge in [0.1, 0.15) is 12.1 Å². The summed E-state index contributed by atoms with van der Waals surface area (Å²) in [5.74, 6) is -2.81. The van der Waals surface area contributed by atoms with Crippen LogP contribution in [0, 0.1) is 5.92 Å². The van der Waals surface area contributed by atoms with E-state index in [1.807, 2.05) is 6.92 Å². The number of rotatable bonds is 10. The summed E-state index contributed by atoms with van der Waals surface area (Å²) in [4.78, 5) is 47.4. The van der Waals surface area contributed by atoms with Gasteiger partial charge < -0.3 is 26.4 Å². The van der Waals surface area contributed by atoms with E-state index in [0.717, 1.165) is 19.4 Å². The summed E-state index contributed by atoms with van der Waals surface area (Å²) in [6.45, 7) is 4.06. The average molecular weight is 388 g/mol. The van der Waals surface area contributed by atoms with Gasteiger partial charge >= 0.3 is 5.97 Å². The van der Waals surface area contributed by atoms with Gasteiger partial charge in [-0.05, 0) is 25.3 Å². The van der Waals surface area contributed by atoms with Gasteiger partial charge in [-0.1, -0.05) is 20.3 Å². The van der Waals surface area contributed by atoms with Crippen LogP contribution in [0.15, 0.2) is 0 Å². The molecule has 0 aromatic heterocycles. The maximum Gasteiger partial charge on any atom is 0.326 e. The first-order chi connectivity index (χ1) is 12.3. The van der Waals surface area contributed by atoms with Crippen LogP contribution in [0.2, 0.25) is 0 Å². The minimum Gasteiger partial charge on any atom is -0.480 e. The molecule has 9 nitrogen and oxygen atoms in total. The number of carboxylic acids is 1. The third-order valence-corrected chi connectivity index (χ3v) is 4.78. The molecule has 3 amide bonds. The summed E-state index contributed by atoms with van der Waals surface area (Å²) < 4.78 is 0. The first-order valence-electron chi connectivity index (χ1n) is 8.74. The van der Waals surface area contributed by atoms with Crippen LogP contribution in [0.5, 0.6) is 0 Å². The minimum atomic E-state index is -1.13. The van der Waals surface area contributed by atoms with Crippen molar-refractivity contribution < 1.29 is 24.3 Å². The van der Waals surface area contributed by atoms with Crippen molar-refractivity contribution in [3.05, 3.63) is 0 Å². The van der Waals surface area contributed by atoms with E-state index in [2.05, 4.69) is 33.9 Å². The molecular weight excluding hydrogens is 360 g/mol. The van der Waals surface area contributed by atoms with Crippen LogP contribution < -0.4 is 21.3 Å². The van der Waals surface area contributed by atoms with Crippen molar-refractivity contribution in [3.63, 3.8) is 0 Å². The van der Waals surface area contributed by atoms with Crippen molar-refractivity contribution in [1.82, 2.24) is 21.3 Å². The highest BCUT2D eigenvalue weighted by Gasteiger charge is 2.29. The van der Waals surface area contributed by atoms with Crippen molar-refractivity contribution in [2.45, 2.75) is 51.2 Å². The molecule has 5 N–H and O–H groups in total. The van der Waals surface area contributed by atoms with Crippen LogP contribution >= 0.6 is 12.6 Å². The Kier molecular flexibility index (Phi) is 9.42. The van der Waals surface area contributed by atoms with Gasteiger partial charge in [0.05, 0.1) is 12.6 Å². The van der Waals surface area contributed by atoms with Gasteiger partial charge in [-0.3, -0.25) is 14.4 Å². The molecule has 0 aromatic rings. The SMILES string of the molecule is CCC(C)C(NC(=O)C(CS)NC(=O)CNC(=O)C1CCCN1)C(=O)O. The number of hydrogen-bond donors (Lipinski definition) is 6. The zero-order valence-electron chi connectivity index (χ0n) is 15.1. The van der Waals surface area contributed by atoms with E-state index in [-0.39, 0.29) is 30.2 Å². The fourth-order valence-corrected chi connectivity index (χ4v) is 2.83. The lowest BCUT2D eigenvalue weighted by Crippen LogP contribution is -2.55. The van der Waals surface area contributed by atoms with Crippen molar-refractivity contribution >= 4 is 36.3 Å². The number of carbonyl (C=O) groups is 4. The lowest BCUT2D eigenvalue weighted by Gasteiger charge is -2.23. The minimum absolute atomic E-state index is 0.00253. The molecule has 0 saturated carbocycles. The Morgan fingerprint density at radius 2 is 1.96 bits per heavy atom. The van der Waals surface area contributed by atoms with E-state index in [0.29, 0.717) is 6.42 Å². The Balaban J connectivity index is 2.50. The number of carboxylic acid groups (broad SMARTS) is 1. The monoisotopic (exact) mass is 388 g/mol. The average Bonchev–Trinajstić information content (AvgIpc) is 3.15. The molecule has 26 heavy (non-hydrogen) atoms. The Bertz CT molecular complexity index is 525. The van der Waals surface area contributed by atoms with Gasteiger partial charge in [0, 0.05) is 5.75 Å². The molecule has 1 aliphatic heterocycles. The second-order valence-electron chi connectivity index (χ2n) is 6.38. The molecule has 0 aromatic carbocycles. The van der Waals surface area contributed by atoms with Crippen LogP contribution in [-0.4, -0.2) is 65.8 Å². The molecule has 1 saturated heterocycles. The predicted molar refractivity (Wildman–Crippen MR) is 98.8 cm³/mol. The lowest BCUT2D eigenvalue weighted by molar-refractivity contribution is -0.143. The smallest absolute Gasteiger partial charge is 0.326 e. The molecule has 1 fully saturated rings. The van der Waals surface area contributed by atoms with Gasteiger partial charge in [0.25, 0.3) is 0 Å². The maximum atomic E-state index is 12.3. The van der Waals surface area contributed by atoms with E-state index in [4.69, 9.17) is 0 Å². The summed E-state index contributed by atoms with van der Waals surface area (Å²) >= 11 is 4.04. The molecule has 148 valence electrons. The first kappa shape index (κ1) is 22.2. The first-order valence-corrected chi connectivity index (χ1v) is 9.37. The Labute approximate surface area is 158 Å². The molecule has 1 heterocycles.